The Labute approximate surface area is 103 Å². The molecule has 1 aromatic heterocycles. The Morgan fingerprint density at radius 1 is 1.56 bits per heavy atom. The van der Waals surface area contributed by atoms with Crippen LogP contribution in [0.2, 0.25) is 0 Å². The third-order valence-corrected chi connectivity index (χ3v) is 3.79. The largest absolute Gasteiger partial charge is 0.311 e. The summed E-state index contributed by atoms with van der Waals surface area (Å²) < 4.78 is 0. The number of likely N-dealkylation sites (tertiary alicyclic amines) is 1. The highest BCUT2D eigenvalue weighted by Gasteiger charge is 2.19. The fourth-order valence-corrected chi connectivity index (χ4v) is 3.11. The van der Waals surface area contributed by atoms with Crippen molar-refractivity contribution in [2.45, 2.75) is 45.3 Å². The first-order valence-electron chi connectivity index (χ1n) is 6.23. The van der Waals surface area contributed by atoms with E-state index in [2.05, 4.69) is 40.9 Å². The molecule has 1 fully saturated rings. The minimum atomic E-state index is 0.603. The molecule has 1 atom stereocenters. The molecule has 1 saturated heterocycles. The lowest BCUT2D eigenvalue weighted by Gasteiger charge is -2.34. The molecule has 1 aliphatic heterocycles. The van der Waals surface area contributed by atoms with Gasteiger partial charge < -0.3 is 5.32 Å². The Morgan fingerprint density at radius 2 is 2.44 bits per heavy atom. The maximum absolute atomic E-state index is 3.65. The fourth-order valence-electron chi connectivity index (χ4n) is 2.45. The van der Waals surface area contributed by atoms with Crippen LogP contribution in [0.1, 0.15) is 32.3 Å². The number of hydrogen-bond donors (Lipinski definition) is 1. The molecule has 1 unspecified atom stereocenters. The summed E-state index contributed by atoms with van der Waals surface area (Å²) in [5.41, 5.74) is 1.47. The number of thiophene rings is 1. The molecular weight excluding hydrogens is 216 g/mol. The Balaban J connectivity index is 1.82. The first-order chi connectivity index (χ1) is 7.74. The second-order valence-electron chi connectivity index (χ2n) is 5.03. The van der Waals surface area contributed by atoms with Gasteiger partial charge >= 0.3 is 0 Å². The van der Waals surface area contributed by atoms with Crippen LogP contribution in [-0.2, 0) is 6.54 Å². The van der Waals surface area contributed by atoms with Gasteiger partial charge in [-0.15, -0.1) is 0 Å². The van der Waals surface area contributed by atoms with Crippen molar-refractivity contribution in [3.63, 3.8) is 0 Å². The summed E-state index contributed by atoms with van der Waals surface area (Å²) in [5.74, 6) is 0. The van der Waals surface area contributed by atoms with Gasteiger partial charge in [-0.25, -0.2) is 0 Å². The van der Waals surface area contributed by atoms with Gasteiger partial charge in [0.05, 0.1) is 0 Å². The summed E-state index contributed by atoms with van der Waals surface area (Å²) in [4.78, 5) is 2.58. The van der Waals surface area contributed by atoms with Crippen LogP contribution in [0.15, 0.2) is 16.8 Å². The van der Waals surface area contributed by atoms with Gasteiger partial charge in [-0.1, -0.05) is 13.8 Å². The molecule has 2 heterocycles. The molecule has 0 bridgehead atoms. The van der Waals surface area contributed by atoms with Gasteiger partial charge in [0.2, 0.25) is 0 Å². The minimum absolute atomic E-state index is 0.603. The zero-order valence-corrected chi connectivity index (χ0v) is 11.1. The molecule has 16 heavy (non-hydrogen) atoms. The summed E-state index contributed by atoms with van der Waals surface area (Å²) in [6.07, 6.45) is 2.66. The lowest BCUT2D eigenvalue weighted by Crippen LogP contribution is -2.47. The average Bonchev–Trinajstić information content (AvgIpc) is 2.70. The molecule has 0 aromatic carbocycles. The predicted octanol–water partition coefficient (Wildman–Crippen LogP) is 2.71. The van der Waals surface area contributed by atoms with Gasteiger partial charge in [-0.2, -0.15) is 11.3 Å². The molecule has 3 heteroatoms. The average molecular weight is 238 g/mol. The van der Waals surface area contributed by atoms with Crippen LogP contribution >= 0.6 is 11.3 Å². The summed E-state index contributed by atoms with van der Waals surface area (Å²) in [6.45, 7) is 8.05. The zero-order valence-electron chi connectivity index (χ0n) is 10.3. The molecular formula is C13H22N2S. The molecule has 0 radical (unpaired) electrons. The van der Waals surface area contributed by atoms with Crippen LogP contribution in [0, 0.1) is 0 Å². The third kappa shape index (κ3) is 3.58. The minimum Gasteiger partial charge on any atom is -0.311 e. The SMILES string of the molecule is CC(C)NC1CCCN(Cc2ccsc2)C1. The molecule has 0 saturated carbocycles. The van der Waals surface area contributed by atoms with Crippen LogP contribution < -0.4 is 5.32 Å². The Hall–Kier alpha value is -0.380. The first kappa shape index (κ1) is 12.1. The molecule has 1 aliphatic rings. The van der Waals surface area contributed by atoms with E-state index in [1.54, 1.807) is 11.3 Å². The van der Waals surface area contributed by atoms with E-state index in [9.17, 15) is 0 Å². The lowest BCUT2D eigenvalue weighted by molar-refractivity contribution is 0.179. The highest BCUT2D eigenvalue weighted by atomic mass is 32.1. The lowest BCUT2D eigenvalue weighted by atomic mass is 10.0. The number of hydrogen-bond acceptors (Lipinski definition) is 3. The number of nitrogens with one attached hydrogen (secondary N) is 1. The summed E-state index contributed by atoms with van der Waals surface area (Å²) in [7, 11) is 0. The monoisotopic (exact) mass is 238 g/mol. The van der Waals surface area contributed by atoms with Gasteiger partial charge in [0.15, 0.2) is 0 Å². The summed E-state index contributed by atoms with van der Waals surface area (Å²) in [5, 5.41) is 8.09. The van der Waals surface area contributed by atoms with Gasteiger partial charge in [0, 0.05) is 25.2 Å². The topological polar surface area (TPSA) is 15.3 Å². The molecule has 2 rings (SSSR count). The van der Waals surface area contributed by atoms with Gasteiger partial charge in [0.25, 0.3) is 0 Å². The molecule has 1 aromatic rings. The quantitative estimate of drug-likeness (QED) is 0.867. The van der Waals surface area contributed by atoms with Crippen molar-refractivity contribution in [3.05, 3.63) is 22.4 Å². The van der Waals surface area contributed by atoms with Crippen molar-refractivity contribution in [1.29, 1.82) is 0 Å². The highest BCUT2D eigenvalue weighted by Crippen LogP contribution is 2.15. The Morgan fingerprint density at radius 3 is 3.12 bits per heavy atom. The standard InChI is InChI=1S/C13H22N2S/c1-11(2)14-13-4-3-6-15(9-13)8-12-5-7-16-10-12/h5,7,10-11,13-14H,3-4,6,8-9H2,1-2H3. The predicted molar refractivity (Wildman–Crippen MR) is 70.9 cm³/mol. The number of rotatable bonds is 4. The number of piperidine rings is 1. The summed E-state index contributed by atoms with van der Waals surface area (Å²) >= 11 is 1.80. The molecule has 0 amide bonds. The van der Waals surface area contributed by atoms with Crippen LogP contribution in [0.4, 0.5) is 0 Å². The van der Waals surface area contributed by atoms with Crippen molar-refractivity contribution < 1.29 is 0 Å². The third-order valence-electron chi connectivity index (χ3n) is 3.06. The van der Waals surface area contributed by atoms with Crippen molar-refractivity contribution in [1.82, 2.24) is 10.2 Å². The molecule has 2 nitrogen and oxygen atoms in total. The molecule has 90 valence electrons. The summed E-state index contributed by atoms with van der Waals surface area (Å²) in [6, 6.07) is 3.53. The number of nitrogens with zero attached hydrogens (tertiary/aromatic N) is 1. The fraction of sp³-hybridized carbons (Fsp3) is 0.692. The van der Waals surface area contributed by atoms with E-state index >= 15 is 0 Å². The smallest absolute Gasteiger partial charge is 0.0242 e. The van der Waals surface area contributed by atoms with E-state index in [4.69, 9.17) is 0 Å². The molecule has 1 N–H and O–H groups in total. The normalized spacial score (nSPS) is 22.8. The van der Waals surface area contributed by atoms with E-state index in [1.165, 1.54) is 31.5 Å². The van der Waals surface area contributed by atoms with Crippen LogP contribution in [-0.4, -0.2) is 30.1 Å². The van der Waals surface area contributed by atoms with Gasteiger partial charge in [0.1, 0.15) is 0 Å². The maximum atomic E-state index is 3.65. The van der Waals surface area contributed by atoms with Gasteiger partial charge in [-0.05, 0) is 41.8 Å². The van der Waals surface area contributed by atoms with Crippen LogP contribution in [0.5, 0.6) is 0 Å². The Bertz CT molecular complexity index is 295. The highest BCUT2D eigenvalue weighted by molar-refractivity contribution is 7.07. The van der Waals surface area contributed by atoms with E-state index in [0.29, 0.717) is 12.1 Å². The van der Waals surface area contributed by atoms with Crippen LogP contribution in [0.3, 0.4) is 0 Å². The molecule has 0 aliphatic carbocycles. The zero-order chi connectivity index (χ0) is 11.4. The van der Waals surface area contributed by atoms with Gasteiger partial charge in [-0.3, -0.25) is 4.90 Å². The van der Waals surface area contributed by atoms with Crippen molar-refractivity contribution in [2.24, 2.45) is 0 Å². The van der Waals surface area contributed by atoms with E-state index in [-0.39, 0.29) is 0 Å². The first-order valence-corrected chi connectivity index (χ1v) is 7.18. The van der Waals surface area contributed by atoms with E-state index in [0.717, 1.165) is 6.54 Å². The second kappa shape index (κ2) is 5.80. The van der Waals surface area contributed by atoms with E-state index < -0.39 is 0 Å². The Kier molecular flexibility index (Phi) is 4.38. The molecule has 0 spiro atoms. The maximum Gasteiger partial charge on any atom is 0.0242 e. The van der Waals surface area contributed by atoms with Crippen molar-refractivity contribution in [2.75, 3.05) is 13.1 Å². The second-order valence-corrected chi connectivity index (χ2v) is 5.81. The van der Waals surface area contributed by atoms with Crippen LogP contribution in [0.25, 0.3) is 0 Å². The van der Waals surface area contributed by atoms with Crippen molar-refractivity contribution >= 4 is 11.3 Å². The van der Waals surface area contributed by atoms with Crippen molar-refractivity contribution in [3.8, 4) is 0 Å². The van der Waals surface area contributed by atoms with E-state index in [1.807, 2.05) is 0 Å².